The molecule has 3 aromatic rings. The Hall–Kier alpha value is -3.16. The molecular formula is C19H19N5O3. The Morgan fingerprint density at radius 1 is 1.15 bits per heavy atom. The molecule has 0 bridgehead atoms. The Morgan fingerprint density at radius 3 is 2.78 bits per heavy atom. The zero-order valence-electron chi connectivity index (χ0n) is 14.9. The molecule has 8 nitrogen and oxygen atoms in total. The zero-order chi connectivity index (χ0) is 18.4. The van der Waals surface area contributed by atoms with Crippen LogP contribution in [0.5, 0.6) is 11.5 Å². The van der Waals surface area contributed by atoms with E-state index < -0.39 is 11.7 Å². The largest absolute Gasteiger partial charge is 0.448 e. The molecule has 0 unspecified atom stereocenters. The lowest BCUT2D eigenvalue weighted by Gasteiger charge is -2.31. The molecule has 1 aliphatic heterocycles. The molecule has 0 radical (unpaired) electrons. The number of aromatic nitrogens is 4. The molecule has 2 aromatic heterocycles. The maximum absolute atomic E-state index is 12.5. The minimum atomic E-state index is -0.532. The molecule has 1 aliphatic carbocycles. The monoisotopic (exact) mass is 365 g/mol. The molecule has 1 N–H and O–H groups in total. The number of hydrogen-bond acceptors (Lipinski definition) is 6. The van der Waals surface area contributed by atoms with E-state index in [0.29, 0.717) is 17.2 Å². The first kappa shape index (κ1) is 16.0. The molecule has 8 heteroatoms. The molecular weight excluding hydrogens is 346 g/mol. The van der Waals surface area contributed by atoms with Crippen LogP contribution in [-0.2, 0) is 0 Å². The van der Waals surface area contributed by atoms with Gasteiger partial charge in [-0.3, -0.25) is 4.79 Å². The molecule has 0 saturated heterocycles. The molecule has 1 saturated carbocycles. The van der Waals surface area contributed by atoms with Crippen molar-refractivity contribution >= 4 is 17.4 Å². The molecule has 138 valence electrons. The first-order valence-corrected chi connectivity index (χ1v) is 9.14. The predicted molar refractivity (Wildman–Crippen MR) is 97.0 cm³/mol. The van der Waals surface area contributed by atoms with Crippen molar-refractivity contribution in [2.75, 3.05) is 5.32 Å². The lowest BCUT2D eigenvalue weighted by molar-refractivity contribution is -0.105. The fourth-order valence-corrected chi connectivity index (χ4v) is 3.66. The Balaban J connectivity index is 1.36. The molecule has 3 heterocycles. The molecule has 1 fully saturated rings. The normalized spacial score (nSPS) is 17.4. The van der Waals surface area contributed by atoms with E-state index in [1.165, 1.54) is 6.42 Å². The number of benzene rings is 1. The van der Waals surface area contributed by atoms with Crippen LogP contribution in [0.15, 0.2) is 30.5 Å². The third-order valence-corrected chi connectivity index (χ3v) is 5.04. The number of aryl methyl sites for hydroxylation is 1. The van der Waals surface area contributed by atoms with Crippen molar-refractivity contribution in [1.29, 1.82) is 0 Å². The summed E-state index contributed by atoms with van der Waals surface area (Å²) in [4.78, 5) is 20.8. The summed E-state index contributed by atoms with van der Waals surface area (Å²) < 4.78 is 13.7. The molecule has 0 atom stereocenters. The van der Waals surface area contributed by atoms with Crippen molar-refractivity contribution in [3.8, 4) is 11.5 Å². The summed E-state index contributed by atoms with van der Waals surface area (Å²) >= 11 is 0. The Morgan fingerprint density at radius 2 is 1.96 bits per heavy atom. The van der Waals surface area contributed by atoms with Crippen LogP contribution >= 0.6 is 0 Å². The minimum Gasteiger partial charge on any atom is -0.448 e. The summed E-state index contributed by atoms with van der Waals surface area (Å²) in [7, 11) is 0. The van der Waals surface area contributed by atoms with Gasteiger partial charge in [0.25, 0.3) is 17.5 Å². The highest BCUT2D eigenvalue weighted by Gasteiger charge is 2.42. The van der Waals surface area contributed by atoms with Gasteiger partial charge in [0.2, 0.25) is 5.82 Å². The summed E-state index contributed by atoms with van der Waals surface area (Å²) in [6.07, 6.45) is 6.84. The van der Waals surface area contributed by atoms with Crippen molar-refractivity contribution < 1.29 is 14.3 Å². The van der Waals surface area contributed by atoms with Gasteiger partial charge in [-0.25, -0.2) is 9.50 Å². The van der Waals surface area contributed by atoms with E-state index in [1.807, 2.05) is 19.1 Å². The quantitative estimate of drug-likeness (QED) is 0.750. The predicted octanol–water partition coefficient (Wildman–Crippen LogP) is 3.12. The number of hydrogen-bond donors (Lipinski definition) is 1. The number of nitrogens with zero attached hydrogens (tertiary/aromatic N) is 4. The highest BCUT2D eigenvalue weighted by atomic mass is 16.7. The number of carbonyl (C=O) groups excluding carboxylic acids is 1. The second-order valence-corrected chi connectivity index (χ2v) is 7.02. The van der Waals surface area contributed by atoms with Gasteiger partial charge in [0, 0.05) is 36.5 Å². The van der Waals surface area contributed by atoms with Gasteiger partial charge in [-0.15, -0.1) is 5.10 Å². The molecule has 1 amide bonds. The van der Waals surface area contributed by atoms with Gasteiger partial charge in [0.15, 0.2) is 11.5 Å². The number of amides is 1. The van der Waals surface area contributed by atoms with Gasteiger partial charge in [0.1, 0.15) is 0 Å². The lowest BCUT2D eigenvalue weighted by atomic mass is 9.94. The zero-order valence-corrected chi connectivity index (χ0v) is 14.9. The van der Waals surface area contributed by atoms with Crippen LogP contribution in [0.1, 0.15) is 48.4 Å². The summed E-state index contributed by atoms with van der Waals surface area (Å²) in [5, 5.41) is 7.04. The maximum Gasteiger partial charge on any atom is 0.295 e. The van der Waals surface area contributed by atoms with Crippen LogP contribution in [0, 0.1) is 6.92 Å². The summed E-state index contributed by atoms with van der Waals surface area (Å²) in [5.41, 5.74) is 1.46. The first-order valence-electron chi connectivity index (χ1n) is 9.14. The van der Waals surface area contributed by atoms with Crippen LogP contribution in [0.3, 0.4) is 0 Å². The SMILES string of the molecule is Cc1ccnc2nc(C(=O)Nc3ccc4c(c3)OC3(CCCCC3)O4)nn12. The van der Waals surface area contributed by atoms with E-state index in [-0.39, 0.29) is 5.82 Å². The van der Waals surface area contributed by atoms with Gasteiger partial charge in [-0.05, 0) is 38.0 Å². The van der Waals surface area contributed by atoms with Crippen LogP contribution in [0.4, 0.5) is 5.69 Å². The van der Waals surface area contributed by atoms with Gasteiger partial charge < -0.3 is 14.8 Å². The number of anilines is 1. The fraction of sp³-hybridized carbons (Fsp3) is 0.368. The van der Waals surface area contributed by atoms with Crippen LogP contribution < -0.4 is 14.8 Å². The summed E-state index contributed by atoms with van der Waals surface area (Å²) in [6, 6.07) is 7.22. The van der Waals surface area contributed by atoms with Gasteiger partial charge in [0.05, 0.1) is 0 Å². The Bertz CT molecular complexity index is 1040. The van der Waals surface area contributed by atoms with E-state index in [2.05, 4.69) is 20.4 Å². The molecule has 27 heavy (non-hydrogen) atoms. The van der Waals surface area contributed by atoms with Crippen LogP contribution in [0.25, 0.3) is 5.78 Å². The second kappa shape index (κ2) is 5.94. The van der Waals surface area contributed by atoms with E-state index in [0.717, 1.165) is 37.1 Å². The topological polar surface area (TPSA) is 90.6 Å². The highest BCUT2D eigenvalue weighted by molar-refractivity contribution is 6.02. The van der Waals surface area contributed by atoms with E-state index in [4.69, 9.17) is 9.47 Å². The number of fused-ring (bicyclic) bond motifs is 2. The Labute approximate surface area is 155 Å². The highest BCUT2D eigenvalue weighted by Crippen LogP contribution is 2.46. The van der Waals surface area contributed by atoms with Crippen molar-refractivity contribution in [2.24, 2.45) is 0 Å². The fourth-order valence-electron chi connectivity index (χ4n) is 3.66. The van der Waals surface area contributed by atoms with Crippen molar-refractivity contribution in [3.63, 3.8) is 0 Å². The number of ether oxygens (including phenoxy) is 2. The third kappa shape index (κ3) is 2.77. The summed E-state index contributed by atoms with van der Waals surface area (Å²) in [6.45, 7) is 1.88. The lowest BCUT2D eigenvalue weighted by Crippen LogP contribution is -2.40. The molecule has 1 spiro atoms. The van der Waals surface area contributed by atoms with Crippen LogP contribution in [0.2, 0.25) is 0 Å². The van der Waals surface area contributed by atoms with E-state index in [1.54, 1.807) is 22.8 Å². The third-order valence-electron chi connectivity index (χ3n) is 5.04. The van der Waals surface area contributed by atoms with Crippen LogP contribution in [-0.4, -0.2) is 31.3 Å². The number of rotatable bonds is 2. The minimum absolute atomic E-state index is 0.0678. The number of nitrogens with one attached hydrogen (secondary N) is 1. The molecule has 5 rings (SSSR count). The van der Waals surface area contributed by atoms with Crippen molar-refractivity contribution in [1.82, 2.24) is 19.6 Å². The van der Waals surface area contributed by atoms with Gasteiger partial charge >= 0.3 is 0 Å². The second-order valence-electron chi connectivity index (χ2n) is 7.02. The average Bonchev–Trinajstić information content (AvgIpc) is 3.24. The molecule has 2 aliphatic rings. The van der Waals surface area contributed by atoms with Gasteiger partial charge in [-0.2, -0.15) is 4.98 Å². The van der Waals surface area contributed by atoms with E-state index in [9.17, 15) is 4.79 Å². The van der Waals surface area contributed by atoms with Crippen molar-refractivity contribution in [3.05, 3.63) is 42.0 Å². The van der Waals surface area contributed by atoms with Crippen molar-refractivity contribution in [2.45, 2.75) is 44.8 Å². The van der Waals surface area contributed by atoms with E-state index >= 15 is 0 Å². The maximum atomic E-state index is 12.5. The first-order chi connectivity index (χ1) is 13.1. The van der Waals surface area contributed by atoms with Gasteiger partial charge in [-0.1, -0.05) is 6.42 Å². The molecule has 1 aromatic carbocycles. The Kier molecular flexibility index (Phi) is 3.53. The smallest absolute Gasteiger partial charge is 0.295 e. The average molecular weight is 365 g/mol. The summed E-state index contributed by atoms with van der Waals surface area (Å²) in [5.74, 6) is 0.917. The standard InChI is InChI=1S/C19H19N5O3/c1-12-7-10-20-18-22-16(23-24(12)18)17(25)21-13-5-6-14-15(11-13)27-19(26-14)8-3-2-4-9-19/h5-7,10-11H,2-4,8-9H2,1H3,(H,21,25). The number of carbonyl (C=O) groups is 1.